The second-order valence-electron chi connectivity index (χ2n) is 7.36. The summed E-state index contributed by atoms with van der Waals surface area (Å²) >= 11 is 0. The van der Waals surface area contributed by atoms with Crippen LogP contribution in [0.3, 0.4) is 0 Å². The van der Waals surface area contributed by atoms with Gasteiger partial charge in [0, 0.05) is 12.1 Å². The summed E-state index contributed by atoms with van der Waals surface area (Å²) < 4.78 is 14.6. The number of rotatable bonds is 4. The second kappa shape index (κ2) is 14.3. The van der Waals surface area contributed by atoms with E-state index < -0.39 is 7.82 Å². The molecule has 1 aromatic carbocycles. The summed E-state index contributed by atoms with van der Waals surface area (Å²) in [4.78, 5) is 16.8. The van der Waals surface area contributed by atoms with Crippen LogP contribution in [0.2, 0.25) is 0 Å². The Bertz CT molecular complexity index is 496. The average molecular weight is 407 g/mol. The van der Waals surface area contributed by atoms with E-state index in [0.29, 0.717) is 18.5 Å². The molecule has 7 heteroatoms. The van der Waals surface area contributed by atoms with Crippen molar-refractivity contribution in [1.82, 2.24) is 0 Å². The topological polar surface area (TPSA) is 119 Å². The van der Waals surface area contributed by atoms with Crippen molar-refractivity contribution in [2.45, 2.75) is 82.7 Å². The Hall–Kier alpha value is -0.750. The largest absolute Gasteiger partial charge is 0.469 e. The molecular weight excluding hydrogens is 369 g/mol. The first-order valence-corrected chi connectivity index (χ1v) is 11.6. The molecule has 0 amide bonds. The van der Waals surface area contributed by atoms with Crippen LogP contribution in [0.1, 0.15) is 69.8 Å². The molecule has 0 saturated heterocycles. The number of phosphoric ester groups is 1. The van der Waals surface area contributed by atoms with Crippen LogP contribution >= 0.6 is 7.82 Å². The van der Waals surface area contributed by atoms with Crippen molar-refractivity contribution in [3.05, 3.63) is 35.9 Å². The second-order valence-corrected chi connectivity index (χ2v) is 8.59. The number of nitrogens with two attached hydrogens (primary N) is 2. The number of hydrogen-bond acceptors (Lipinski definition) is 4. The van der Waals surface area contributed by atoms with Crippen molar-refractivity contribution in [2.24, 2.45) is 11.5 Å². The highest BCUT2D eigenvalue weighted by Gasteiger charge is 2.12. The summed E-state index contributed by atoms with van der Waals surface area (Å²) in [5, 5.41) is 0. The lowest BCUT2D eigenvalue weighted by Gasteiger charge is -2.15. The predicted molar refractivity (Wildman–Crippen MR) is 110 cm³/mol. The molecule has 0 radical (unpaired) electrons. The Morgan fingerprint density at radius 3 is 1.63 bits per heavy atom. The van der Waals surface area contributed by atoms with Gasteiger partial charge in [0.1, 0.15) is 0 Å². The van der Waals surface area contributed by atoms with Gasteiger partial charge in [-0.15, -0.1) is 0 Å². The molecule has 0 spiro atoms. The van der Waals surface area contributed by atoms with Crippen molar-refractivity contribution in [3.8, 4) is 0 Å². The van der Waals surface area contributed by atoms with Gasteiger partial charge in [0.2, 0.25) is 0 Å². The van der Waals surface area contributed by atoms with E-state index in [1.165, 1.54) is 64.2 Å². The Kier molecular flexibility index (Phi) is 12.8. The molecule has 0 bridgehead atoms. The number of phosphoric acid groups is 1. The molecule has 6 nitrogen and oxygen atoms in total. The molecule has 2 saturated carbocycles. The minimum Gasteiger partial charge on any atom is -0.328 e. The Balaban J connectivity index is 0.000000220. The van der Waals surface area contributed by atoms with E-state index in [1.807, 2.05) is 30.3 Å². The molecule has 0 unspecified atom stereocenters. The summed E-state index contributed by atoms with van der Waals surface area (Å²) in [6, 6.07) is 10.4. The number of benzene rings is 1. The first-order valence-electron chi connectivity index (χ1n) is 10.1. The third kappa shape index (κ3) is 14.9. The quantitative estimate of drug-likeness (QED) is 0.445. The van der Waals surface area contributed by atoms with Gasteiger partial charge in [0.05, 0.1) is 6.61 Å². The van der Waals surface area contributed by atoms with Gasteiger partial charge in [0.15, 0.2) is 0 Å². The molecule has 2 aliphatic carbocycles. The molecule has 2 fully saturated rings. The summed E-state index contributed by atoms with van der Waals surface area (Å²) in [7, 11) is -4.30. The predicted octanol–water partition coefficient (Wildman–Crippen LogP) is 3.89. The Morgan fingerprint density at radius 2 is 1.30 bits per heavy atom. The normalized spacial score (nSPS) is 18.7. The molecule has 0 aromatic heterocycles. The molecule has 6 N–H and O–H groups in total. The van der Waals surface area contributed by atoms with E-state index >= 15 is 0 Å². The molecule has 27 heavy (non-hydrogen) atoms. The minimum absolute atomic E-state index is 0.0360. The Morgan fingerprint density at radius 1 is 0.852 bits per heavy atom. The van der Waals surface area contributed by atoms with Crippen molar-refractivity contribution in [3.63, 3.8) is 0 Å². The summed E-state index contributed by atoms with van der Waals surface area (Å²) in [6.07, 6.45) is 13.8. The third-order valence-corrected chi connectivity index (χ3v) is 5.31. The molecular formula is C20H37N2O4P. The maximum absolute atomic E-state index is 10.3. The van der Waals surface area contributed by atoms with E-state index in [2.05, 4.69) is 4.52 Å². The van der Waals surface area contributed by atoms with Crippen LogP contribution in [0.15, 0.2) is 30.3 Å². The van der Waals surface area contributed by atoms with Crippen LogP contribution < -0.4 is 11.5 Å². The van der Waals surface area contributed by atoms with Crippen molar-refractivity contribution >= 4 is 7.82 Å². The maximum atomic E-state index is 10.3. The summed E-state index contributed by atoms with van der Waals surface area (Å²) in [5.41, 5.74) is 12.3. The molecule has 1 aromatic rings. The smallest absolute Gasteiger partial charge is 0.328 e. The first-order chi connectivity index (χ1) is 12.9. The van der Waals surface area contributed by atoms with Crippen molar-refractivity contribution in [2.75, 3.05) is 6.61 Å². The van der Waals surface area contributed by atoms with Gasteiger partial charge >= 0.3 is 7.82 Å². The molecule has 0 heterocycles. The van der Waals surface area contributed by atoms with Crippen LogP contribution in [0.4, 0.5) is 0 Å². The van der Waals surface area contributed by atoms with Gasteiger partial charge in [0.25, 0.3) is 0 Å². The van der Waals surface area contributed by atoms with E-state index in [9.17, 15) is 4.57 Å². The van der Waals surface area contributed by atoms with Gasteiger partial charge in [-0.3, -0.25) is 4.52 Å². The molecule has 0 atom stereocenters. The molecule has 2 aliphatic rings. The lowest BCUT2D eigenvalue weighted by atomic mass is 9.97. The summed E-state index contributed by atoms with van der Waals surface area (Å²) in [5.74, 6) is 0. The lowest BCUT2D eigenvalue weighted by molar-refractivity contribution is 0.199. The SMILES string of the molecule is NC1CCCCC1.NC1CCCCC1.[18O]=P([18OH])([18OH])OCCc1ccccc1. The van der Waals surface area contributed by atoms with E-state index in [-0.39, 0.29) is 6.61 Å². The highest BCUT2D eigenvalue weighted by Crippen LogP contribution is 2.35. The summed E-state index contributed by atoms with van der Waals surface area (Å²) in [6.45, 7) is 0.0360. The lowest BCUT2D eigenvalue weighted by Crippen LogP contribution is -2.22. The van der Waals surface area contributed by atoms with Gasteiger partial charge < -0.3 is 21.3 Å². The van der Waals surface area contributed by atoms with Gasteiger partial charge in [-0.2, -0.15) is 0 Å². The van der Waals surface area contributed by atoms with Crippen LogP contribution in [0.5, 0.6) is 0 Å². The first kappa shape index (κ1) is 24.3. The van der Waals surface area contributed by atoms with Crippen molar-refractivity contribution < 1.29 is 18.9 Å². The van der Waals surface area contributed by atoms with Gasteiger partial charge in [-0.1, -0.05) is 68.9 Å². The zero-order chi connectivity index (χ0) is 20.0. The van der Waals surface area contributed by atoms with Crippen molar-refractivity contribution in [1.29, 1.82) is 0 Å². The average Bonchev–Trinajstić information content (AvgIpc) is 2.64. The Labute approximate surface area is 163 Å². The van der Waals surface area contributed by atoms with Crippen LogP contribution in [0.25, 0.3) is 0 Å². The zero-order valence-electron chi connectivity index (χ0n) is 16.3. The van der Waals surface area contributed by atoms with Gasteiger partial charge in [-0.25, -0.2) is 4.57 Å². The minimum atomic E-state index is -4.30. The third-order valence-electron chi connectivity index (χ3n) is 4.79. The van der Waals surface area contributed by atoms with Gasteiger partial charge in [-0.05, 0) is 37.7 Å². The number of hydrogen-bond donors (Lipinski definition) is 4. The molecule has 0 aliphatic heterocycles. The maximum Gasteiger partial charge on any atom is 0.469 e. The highest BCUT2D eigenvalue weighted by atomic mass is 31.2. The van der Waals surface area contributed by atoms with Crippen LogP contribution in [-0.2, 0) is 15.5 Å². The highest BCUT2D eigenvalue weighted by molar-refractivity contribution is 7.46. The van der Waals surface area contributed by atoms with Crippen LogP contribution in [-0.4, -0.2) is 28.5 Å². The van der Waals surface area contributed by atoms with E-state index in [0.717, 1.165) is 5.56 Å². The fourth-order valence-corrected chi connectivity index (χ4v) is 3.52. The zero-order valence-corrected chi connectivity index (χ0v) is 17.2. The molecule has 3 rings (SSSR count). The van der Waals surface area contributed by atoms with E-state index in [1.54, 1.807) is 0 Å². The monoisotopic (exact) mass is 406 g/mol. The van der Waals surface area contributed by atoms with Crippen LogP contribution in [0, 0.1) is 0 Å². The standard InChI is InChI=1S/C8H11O4P.2C6H13N/c9-13(10,11)12-7-6-8-4-2-1-3-5-8;2*7-6-4-2-1-3-5-6/h1-5H,6-7H2,(H2,9,10,11);2*6H,1-5,7H2/i9+2,10+2,11+2;;. The fraction of sp³-hybridized carbons (Fsp3) is 0.700. The molecule has 156 valence electrons. The fourth-order valence-electron chi connectivity index (χ4n) is 3.20. The van der Waals surface area contributed by atoms with E-state index in [4.69, 9.17) is 21.3 Å².